The second kappa shape index (κ2) is 4.13. The van der Waals surface area contributed by atoms with Gasteiger partial charge < -0.3 is 10.2 Å². The van der Waals surface area contributed by atoms with Gasteiger partial charge in [-0.25, -0.2) is 4.98 Å². The predicted octanol–water partition coefficient (Wildman–Crippen LogP) is 2.11. The van der Waals surface area contributed by atoms with Crippen LogP contribution < -0.4 is 5.73 Å². The third-order valence-corrected chi connectivity index (χ3v) is 2.34. The van der Waals surface area contributed by atoms with E-state index in [-0.39, 0.29) is 5.41 Å². The van der Waals surface area contributed by atoms with E-state index in [4.69, 9.17) is 10.2 Å². The Labute approximate surface area is 85.7 Å². The van der Waals surface area contributed by atoms with Crippen LogP contribution in [0.25, 0.3) is 0 Å². The summed E-state index contributed by atoms with van der Waals surface area (Å²) in [6, 6.07) is 0. The summed E-state index contributed by atoms with van der Waals surface area (Å²) in [5, 5.41) is 0. The highest BCUT2D eigenvalue weighted by atomic mass is 16.3. The van der Waals surface area contributed by atoms with Crippen molar-refractivity contribution >= 4 is 0 Å². The summed E-state index contributed by atoms with van der Waals surface area (Å²) in [5.41, 5.74) is 6.54. The molecule has 0 amide bonds. The van der Waals surface area contributed by atoms with Crippen molar-refractivity contribution in [2.24, 2.45) is 11.7 Å². The highest BCUT2D eigenvalue weighted by Gasteiger charge is 2.22. The standard InChI is InChI=1S/C11H20N2O/c1-8(2)5-10-13-9(6-14-10)11(3,4)7-12/h6,8H,5,7,12H2,1-4H3. The summed E-state index contributed by atoms with van der Waals surface area (Å²) in [7, 11) is 0. The van der Waals surface area contributed by atoms with Gasteiger partial charge in [0.2, 0.25) is 0 Å². The molecule has 0 spiro atoms. The minimum atomic E-state index is -0.0846. The monoisotopic (exact) mass is 196 g/mol. The lowest BCUT2D eigenvalue weighted by molar-refractivity contribution is 0.456. The summed E-state index contributed by atoms with van der Waals surface area (Å²) in [6.07, 6.45) is 2.62. The lowest BCUT2D eigenvalue weighted by Crippen LogP contribution is -2.28. The Kier molecular flexibility index (Phi) is 3.32. The van der Waals surface area contributed by atoms with Crippen molar-refractivity contribution in [3.63, 3.8) is 0 Å². The van der Waals surface area contributed by atoms with Gasteiger partial charge in [0, 0.05) is 18.4 Å². The van der Waals surface area contributed by atoms with Crippen LogP contribution in [0.5, 0.6) is 0 Å². The fraction of sp³-hybridized carbons (Fsp3) is 0.727. The van der Waals surface area contributed by atoms with E-state index in [1.807, 2.05) is 0 Å². The normalized spacial score (nSPS) is 12.4. The number of nitrogens with two attached hydrogens (primary N) is 1. The molecule has 80 valence electrons. The highest BCUT2D eigenvalue weighted by molar-refractivity contribution is 5.11. The number of rotatable bonds is 4. The van der Waals surface area contributed by atoms with Crippen molar-refractivity contribution in [3.05, 3.63) is 17.8 Å². The first-order valence-corrected chi connectivity index (χ1v) is 5.10. The fourth-order valence-electron chi connectivity index (χ4n) is 1.17. The van der Waals surface area contributed by atoms with Crippen molar-refractivity contribution in [2.45, 2.75) is 39.5 Å². The first-order valence-electron chi connectivity index (χ1n) is 5.10. The molecular weight excluding hydrogens is 176 g/mol. The molecule has 1 aromatic rings. The zero-order chi connectivity index (χ0) is 10.8. The summed E-state index contributed by atoms with van der Waals surface area (Å²) in [5.74, 6) is 1.39. The summed E-state index contributed by atoms with van der Waals surface area (Å²) < 4.78 is 5.40. The van der Waals surface area contributed by atoms with Gasteiger partial charge in [-0.2, -0.15) is 0 Å². The molecule has 1 aromatic heterocycles. The minimum Gasteiger partial charge on any atom is -0.449 e. The second-order valence-electron chi connectivity index (χ2n) is 4.81. The molecule has 14 heavy (non-hydrogen) atoms. The summed E-state index contributed by atoms with van der Waals surface area (Å²) >= 11 is 0. The van der Waals surface area contributed by atoms with Crippen LogP contribution in [0.15, 0.2) is 10.7 Å². The molecule has 0 saturated heterocycles. The zero-order valence-electron chi connectivity index (χ0n) is 9.50. The Morgan fingerprint density at radius 1 is 1.50 bits per heavy atom. The first kappa shape index (κ1) is 11.2. The number of aromatic nitrogens is 1. The molecule has 2 N–H and O–H groups in total. The molecule has 3 nitrogen and oxygen atoms in total. The van der Waals surface area contributed by atoms with Gasteiger partial charge in [0.25, 0.3) is 0 Å². The van der Waals surface area contributed by atoms with Crippen LogP contribution in [-0.2, 0) is 11.8 Å². The maximum absolute atomic E-state index is 5.67. The average molecular weight is 196 g/mol. The quantitative estimate of drug-likeness (QED) is 0.802. The number of nitrogens with zero attached hydrogens (tertiary/aromatic N) is 1. The maximum atomic E-state index is 5.67. The molecule has 1 heterocycles. The largest absolute Gasteiger partial charge is 0.449 e. The SMILES string of the molecule is CC(C)Cc1nc(C(C)(C)CN)co1. The second-order valence-corrected chi connectivity index (χ2v) is 4.81. The van der Waals surface area contributed by atoms with Crippen LogP contribution >= 0.6 is 0 Å². The fourth-order valence-corrected chi connectivity index (χ4v) is 1.17. The molecule has 0 saturated carbocycles. The molecule has 0 bridgehead atoms. The molecule has 0 aliphatic rings. The van der Waals surface area contributed by atoms with Crippen LogP contribution in [0.1, 0.15) is 39.3 Å². The smallest absolute Gasteiger partial charge is 0.194 e. The molecule has 1 rings (SSSR count). The van der Waals surface area contributed by atoms with E-state index in [0.717, 1.165) is 18.0 Å². The molecule has 0 radical (unpaired) electrons. The van der Waals surface area contributed by atoms with E-state index in [1.165, 1.54) is 0 Å². The van der Waals surface area contributed by atoms with Gasteiger partial charge in [0.15, 0.2) is 5.89 Å². The van der Waals surface area contributed by atoms with Crippen LogP contribution in [0, 0.1) is 5.92 Å². The van der Waals surface area contributed by atoms with Gasteiger partial charge in [0.05, 0.1) is 5.69 Å². The Balaban J connectivity index is 2.77. The van der Waals surface area contributed by atoms with Gasteiger partial charge >= 0.3 is 0 Å². The molecule has 0 aliphatic carbocycles. The van der Waals surface area contributed by atoms with Crippen molar-refractivity contribution in [2.75, 3.05) is 6.54 Å². The topological polar surface area (TPSA) is 52.0 Å². The van der Waals surface area contributed by atoms with Crippen LogP contribution in [-0.4, -0.2) is 11.5 Å². The molecule has 0 aliphatic heterocycles. The van der Waals surface area contributed by atoms with Crippen LogP contribution in [0.2, 0.25) is 0 Å². The minimum absolute atomic E-state index is 0.0846. The third-order valence-electron chi connectivity index (χ3n) is 2.34. The van der Waals surface area contributed by atoms with Gasteiger partial charge in [-0.15, -0.1) is 0 Å². The van der Waals surface area contributed by atoms with E-state index in [0.29, 0.717) is 12.5 Å². The highest BCUT2D eigenvalue weighted by Crippen LogP contribution is 2.21. The lowest BCUT2D eigenvalue weighted by atomic mass is 9.90. The number of oxazole rings is 1. The van der Waals surface area contributed by atoms with Gasteiger partial charge in [-0.05, 0) is 5.92 Å². The molecule has 3 heteroatoms. The molecule has 0 aromatic carbocycles. The van der Waals surface area contributed by atoms with Gasteiger partial charge in [-0.3, -0.25) is 0 Å². The Morgan fingerprint density at radius 2 is 2.14 bits per heavy atom. The molecular formula is C11H20N2O. The molecule has 0 atom stereocenters. The van der Waals surface area contributed by atoms with Crippen LogP contribution in [0.4, 0.5) is 0 Å². The summed E-state index contributed by atoms with van der Waals surface area (Å²) in [6.45, 7) is 9.03. The first-order chi connectivity index (χ1) is 6.45. The van der Waals surface area contributed by atoms with E-state index in [1.54, 1.807) is 6.26 Å². The van der Waals surface area contributed by atoms with Gasteiger partial charge in [0.1, 0.15) is 6.26 Å². The van der Waals surface area contributed by atoms with E-state index >= 15 is 0 Å². The lowest BCUT2D eigenvalue weighted by Gasteiger charge is -2.18. The van der Waals surface area contributed by atoms with Crippen molar-refractivity contribution in [1.82, 2.24) is 4.98 Å². The zero-order valence-corrected chi connectivity index (χ0v) is 9.50. The Morgan fingerprint density at radius 3 is 2.64 bits per heavy atom. The van der Waals surface area contributed by atoms with Crippen molar-refractivity contribution < 1.29 is 4.42 Å². The third kappa shape index (κ3) is 2.58. The maximum Gasteiger partial charge on any atom is 0.194 e. The number of hydrogen-bond acceptors (Lipinski definition) is 3. The van der Waals surface area contributed by atoms with Crippen molar-refractivity contribution in [3.8, 4) is 0 Å². The Bertz CT molecular complexity index is 289. The summed E-state index contributed by atoms with van der Waals surface area (Å²) in [4.78, 5) is 4.45. The molecule has 0 fully saturated rings. The number of hydrogen-bond donors (Lipinski definition) is 1. The van der Waals surface area contributed by atoms with E-state index in [9.17, 15) is 0 Å². The van der Waals surface area contributed by atoms with E-state index < -0.39 is 0 Å². The van der Waals surface area contributed by atoms with Crippen molar-refractivity contribution in [1.29, 1.82) is 0 Å². The Hall–Kier alpha value is -0.830. The predicted molar refractivity (Wildman–Crippen MR) is 57.1 cm³/mol. The van der Waals surface area contributed by atoms with Crippen LogP contribution in [0.3, 0.4) is 0 Å². The molecule has 0 unspecified atom stereocenters. The van der Waals surface area contributed by atoms with E-state index in [2.05, 4.69) is 32.7 Å². The van der Waals surface area contributed by atoms with Gasteiger partial charge in [-0.1, -0.05) is 27.7 Å². The average Bonchev–Trinajstić information content (AvgIpc) is 2.52.